The molecule has 2 N–H and O–H groups in total. The summed E-state index contributed by atoms with van der Waals surface area (Å²) in [7, 11) is 3.67. The summed E-state index contributed by atoms with van der Waals surface area (Å²) in [6.45, 7) is 1.75. The third kappa shape index (κ3) is 2.64. The number of likely N-dealkylation sites (N-methyl/N-ethyl adjacent to an activating group) is 1. The average Bonchev–Trinajstić information content (AvgIpc) is 2.82. The molecule has 0 saturated carbocycles. The quantitative estimate of drug-likeness (QED) is 0.811. The third-order valence-electron chi connectivity index (χ3n) is 3.18. The number of methoxy groups -OCH3 is 1. The molecule has 1 aliphatic heterocycles. The molecule has 0 amide bonds. The number of para-hydroxylation sites is 1. The zero-order valence-corrected chi connectivity index (χ0v) is 10.5. The number of anilines is 2. The lowest BCUT2D eigenvalue weighted by Crippen LogP contribution is -2.29. The van der Waals surface area contributed by atoms with Crippen molar-refractivity contribution in [2.24, 2.45) is 0 Å². The highest BCUT2D eigenvalue weighted by Crippen LogP contribution is 2.31. The van der Waals surface area contributed by atoms with Crippen LogP contribution in [-0.4, -0.2) is 33.4 Å². The van der Waals surface area contributed by atoms with Crippen molar-refractivity contribution in [2.75, 3.05) is 37.9 Å². The lowest BCUT2D eigenvalue weighted by Gasteiger charge is -2.24. The van der Waals surface area contributed by atoms with E-state index in [2.05, 4.69) is 4.90 Å². The average molecular weight is 236 g/mol. The topological polar surface area (TPSA) is 47.7 Å². The first-order valence-electron chi connectivity index (χ1n) is 5.97. The Morgan fingerprint density at radius 3 is 3.00 bits per heavy atom. The molecular formula is C13H20N2O2. The van der Waals surface area contributed by atoms with Crippen molar-refractivity contribution in [1.82, 2.24) is 0 Å². The molecule has 1 aliphatic rings. The summed E-state index contributed by atoms with van der Waals surface area (Å²) in [4.78, 5) is 2.13. The van der Waals surface area contributed by atoms with E-state index < -0.39 is 0 Å². The number of benzene rings is 1. The SMILES string of the molecule is COc1cccc(N(C)CC2CCCO2)c1N. The van der Waals surface area contributed by atoms with E-state index in [-0.39, 0.29) is 0 Å². The van der Waals surface area contributed by atoms with Gasteiger partial charge >= 0.3 is 0 Å². The Morgan fingerprint density at radius 1 is 1.53 bits per heavy atom. The molecule has 94 valence electrons. The zero-order valence-electron chi connectivity index (χ0n) is 10.5. The van der Waals surface area contributed by atoms with Crippen LogP contribution in [0.5, 0.6) is 5.75 Å². The van der Waals surface area contributed by atoms with Crippen LogP contribution in [0.2, 0.25) is 0 Å². The predicted molar refractivity (Wildman–Crippen MR) is 69.7 cm³/mol. The van der Waals surface area contributed by atoms with Crippen molar-refractivity contribution in [3.8, 4) is 5.75 Å². The van der Waals surface area contributed by atoms with Crippen LogP contribution in [-0.2, 0) is 4.74 Å². The van der Waals surface area contributed by atoms with Crippen LogP contribution in [0.4, 0.5) is 11.4 Å². The van der Waals surface area contributed by atoms with E-state index in [4.69, 9.17) is 15.2 Å². The van der Waals surface area contributed by atoms with E-state index in [0.717, 1.165) is 37.4 Å². The van der Waals surface area contributed by atoms with E-state index in [1.807, 2.05) is 25.2 Å². The van der Waals surface area contributed by atoms with Gasteiger partial charge < -0.3 is 20.1 Å². The lowest BCUT2D eigenvalue weighted by molar-refractivity contribution is 0.116. The lowest BCUT2D eigenvalue weighted by atomic mass is 10.2. The Bertz CT molecular complexity index is 376. The van der Waals surface area contributed by atoms with Crippen molar-refractivity contribution < 1.29 is 9.47 Å². The standard InChI is InChI=1S/C13H20N2O2/c1-15(9-10-5-4-8-17-10)11-6-3-7-12(16-2)13(11)14/h3,6-7,10H,4-5,8-9,14H2,1-2H3. The molecule has 1 heterocycles. The first-order chi connectivity index (χ1) is 8.22. The first-order valence-corrected chi connectivity index (χ1v) is 5.97. The minimum atomic E-state index is 0.325. The summed E-state index contributed by atoms with van der Waals surface area (Å²) in [6, 6.07) is 5.84. The summed E-state index contributed by atoms with van der Waals surface area (Å²) in [5.41, 5.74) is 7.75. The molecular weight excluding hydrogens is 216 g/mol. The van der Waals surface area contributed by atoms with Gasteiger partial charge in [-0.05, 0) is 25.0 Å². The third-order valence-corrected chi connectivity index (χ3v) is 3.18. The first kappa shape index (κ1) is 12.0. The largest absolute Gasteiger partial charge is 0.495 e. The number of rotatable bonds is 4. The summed E-state index contributed by atoms with van der Waals surface area (Å²) in [5.74, 6) is 0.724. The highest BCUT2D eigenvalue weighted by molar-refractivity contribution is 5.73. The molecule has 0 aromatic heterocycles. The van der Waals surface area contributed by atoms with Gasteiger partial charge in [-0.2, -0.15) is 0 Å². The van der Waals surface area contributed by atoms with Gasteiger partial charge in [-0.15, -0.1) is 0 Å². The molecule has 1 unspecified atom stereocenters. The molecule has 0 radical (unpaired) electrons. The molecule has 1 aromatic rings. The Kier molecular flexibility index (Phi) is 3.74. The van der Waals surface area contributed by atoms with Gasteiger partial charge in [-0.3, -0.25) is 0 Å². The number of hydrogen-bond acceptors (Lipinski definition) is 4. The highest BCUT2D eigenvalue weighted by Gasteiger charge is 2.19. The van der Waals surface area contributed by atoms with Gasteiger partial charge in [0.05, 0.1) is 24.6 Å². The maximum Gasteiger partial charge on any atom is 0.143 e. The summed E-state index contributed by atoms with van der Waals surface area (Å²) < 4.78 is 10.9. The molecule has 1 aromatic carbocycles. The molecule has 0 aliphatic carbocycles. The number of hydrogen-bond donors (Lipinski definition) is 1. The fourth-order valence-electron chi connectivity index (χ4n) is 2.24. The van der Waals surface area contributed by atoms with E-state index in [0.29, 0.717) is 11.8 Å². The monoisotopic (exact) mass is 236 g/mol. The van der Waals surface area contributed by atoms with E-state index in [9.17, 15) is 0 Å². The van der Waals surface area contributed by atoms with Crippen molar-refractivity contribution in [2.45, 2.75) is 18.9 Å². The highest BCUT2D eigenvalue weighted by atomic mass is 16.5. The van der Waals surface area contributed by atoms with Crippen LogP contribution in [0.15, 0.2) is 18.2 Å². The zero-order chi connectivity index (χ0) is 12.3. The molecule has 0 bridgehead atoms. The molecule has 1 fully saturated rings. The van der Waals surface area contributed by atoms with E-state index in [1.165, 1.54) is 0 Å². The number of nitrogens with zero attached hydrogens (tertiary/aromatic N) is 1. The summed E-state index contributed by atoms with van der Waals surface area (Å²) in [5, 5.41) is 0. The second-order valence-electron chi connectivity index (χ2n) is 4.41. The van der Waals surface area contributed by atoms with Gasteiger partial charge in [-0.1, -0.05) is 6.07 Å². The van der Waals surface area contributed by atoms with Crippen LogP contribution >= 0.6 is 0 Å². The second-order valence-corrected chi connectivity index (χ2v) is 4.41. The Morgan fingerprint density at radius 2 is 2.35 bits per heavy atom. The van der Waals surface area contributed by atoms with Gasteiger partial charge in [0.15, 0.2) is 0 Å². The van der Waals surface area contributed by atoms with E-state index >= 15 is 0 Å². The Labute approximate surface area is 102 Å². The van der Waals surface area contributed by atoms with E-state index in [1.54, 1.807) is 7.11 Å². The number of nitrogens with two attached hydrogens (primary N) is 1. The van der Waals surface area contributed by atoms with Crippen molar-refractivity contribution in [3.63, 3.8) is 0 Å². The predicted octanol–water partition coefficient (Wildman–Crippen LogP) is 1.89. The van der Waals surface area contributed by atoms with Crippen molar-refractivity contribution >= 4 is 11.4 Å². The molecule has 17 heavy (non-hydrogen) atoms. The van der Waals surface area contributed by atoms with Gasteiger partial charge in [-0.25, -0.2) is 0 Å². The van der Waals surface area contributed by atoms with Gasteiger partial charge in [0.1, 0.15) is 5.75 Å². The van der Waals surface area contributed by atoms with Gasteiger partial charge in [0.25, 0.3) is 0 Å². The molecule has 0 spiro atoms. The molecule has 1 saturated heterocycles. The van der Waals surface area contributed by atoms with Crippen LogP contribution < -0.4 is 15.4 Å². The van der Waals surface area contributed by atoms with Gasteiger partial charge in [0, 0.05) is 20.2 Å². The number of ether oxygens (including phenoxy) is 2. The fraction of sp³-hybridized carbons (Fsp3) is 0.538. The minimum absolute atomic E-state index is 0.325. The van der Waals surface area contributed by atoms with Crippen LogP contribution in [0.1, 0.15) is 12.8 Å². The van der Waals surface area contributed by atoms with Crippen molar-refractivity contribution in [3.05, 3.63) is 18.2 Å². The maximum atomic E-state index is 6.06. The minimum Gasteiger partial charge on any atom is -0.495 e. The fourth-order valence-corrected chi connectivity index (χ4v) is 2.24. The van der Waals surface area contributed by atoms with Gasteiger partial charge in [0.2, 0.25) is 0 Å². The Balaban J connectivity index is 2.09. The van der Waals surface area contributed by atoms with Crippen LogP contribution in [0.3, 0.4) is 0 Å². The summed E-state index contributed by atoms with van der Waals surface area (Å²) >= 11 is 0. The molecule has 1 atom stereocenters. The second kappa shape index (κ2) is 5.27. The van der Waals surface area contributed by atoms with Crippen molar-refractivity contribution in [1.29, 1.82) is 0 Å². The normalized spacial score (nSPS) is 19.3. The number of nitrogen functional groups attached to an aromatic ring is 1. The summed E-state index contributed by atoms with van der Waals surface area (Å²) in [6.07, 6.45) is 2.62. The molecule has 4 heteroatoms. The molecule has 2 rings (SSSR count). The molecule has 4 nitrogen and oxygen atoms in total. The van der Waals surface area contributed by atoms with Crippen LogP contribution in [0.25, 0.3) is 0 Å². The smallest absolute Gasteiger partial charge is 0.143 e. The maximum absolute atomic E-state index is 6.06. The van der Waals surface area contributed by atoms with Crippen LogP contribution in [0, 0.1) is 0 Å². The Hall–Kier alpha value is -1.42.